The summed E-state index contributed by atoms with van der Waals surface area (Å²) in [6, 6.07) is 9.94. The Balaban J connectivity index is 1.98. The van der Waals surface area contributed by atoms with Crippen LogP contribution in [-0.4, -0.2) is 50.6 Å². The number of nitrogens with one attached hydrogen (secondary N) is 1. The lowest BCUT2D eigenvalue weighted by molar-refractivity contribution is -0.117. The van der Waals surface area contributed by atoms with Crippen molar-refractivity contribution in [2.24, 2.45) is 0 Å². The molecule has 1 fully saturated rings. The first-order valence-corrected chi connectivity index (χ1v) is 8.21. The number of piperazine rings is 1. The van der Waals surface area contributed by atoms with E-state index in [1.54, 1.807) is 13.3 Å². The van der Waals surface area contributed by atoms with E-state index in [0.717, 1.165) is 44.0 Å². The molecular weight excluding hydrogens is 304 g/mol. The van der Waals surface area contributed by atoms with E-state index in [9.17, 15) is 10.1 Å². The van der Waals surface area contributed by atoms with Crippen molar-refractivity contribution in [1.82, 2.24) is 10.2 Å². The monoisotopic (exact) mass is 328 g/mol. The standard InChI is InChI=1S/C18H24N4O2/c1-3-8-20-18(23)15(13-19)14-21-9-11-22(12-10-21)16-6-4-5-7-17(16)24-2/h4-7,14H,3,8-12H2,1-2H3,(H,20,23)/b15-14-. The number of nitrogens with zero attached hydrogens (tertiary/aromatic N) is 3. The van der Waals surface area contributed by atoms with Crippen LogP contribution in [0.2, 0.25) is 0 Å². The van der Waals surface area contributed by atoms with Gasteiger partial charge in [-0.15, -0.1) is 0 Å². The minimum Gasteiger partial charge on any atom is -0.495 e. The third kappa shape index (κ3) is 4.42. The predicted octanol–water partition coefficient (Wildman–Crippen LogP) is 1.75. The second-order valence-corrected chi connectivity index (χ2v) is 5.61. The highest BCUT2D eigenvalue weighted by molar-refractivity contribution is 5.97. The van der Waals surface area contributed by atoms with Gasteiger partial charge in [-0.25, -0.2) is 0 Å². The van der Waals surface area contributed by atoms with E-state index < -0.39 is 0 Å². The summed E-state index contributed by atoms with van der Waals surface area (Å²) >= 11 is 0. The van der Waals surface area contributed by atoms with Crippen molar-refractivity contribution in [2.45, 2.75) is 13.3 Å². The average Bonchev–Trinajstić information content (AvgIpc) is 2.64. The second-order valence-electron chi connectivity index (χ2n) is 5.61. The summed E-state index contributed by atoms with van der Waals surface area (Å²) in [5.74, 6) is 0.560. The summed E-state index contributed by atoms with van der Waals surface area (Å²) in [6.07, 6.45) is 2.52. The van der Waals surface area contributed by atoms with Crippen molar-refractivity contribution < 1.29 is 9.53 Å². The van der Waals surface area contributed by atoms with Crippen LogP contribution in [0.5, 0.6) is 5.75 Å². The molecular formula is C18H24N4O2. The highest BCUT2D eigenvalue weighted by Gasteiger charge is 2.19. The molecule has 0 atom stereocenters. The number of benzene rings is 1. The van der Waals surface area contributed by atoms with Crippen LogP contribution in [0, 0.1) is 11.3 Å². The average molecular weight is 328 g/mol. The molecule has 0 unspecified atom stereocenters. The Hall–Kier alpha value is -2.68. The van der Waals surface area contributed by atoms with Crippen molar-refractivity contribution in [1.29, 1.82) is 5.26 Å². The lowest BCUT2D eigenvalue weighted by Crippen LogP contribution is -2.44. The van der Waals surface area contributed by atoms with Crippen LogP contribution in [0.15, 0.2) is 36.0 Å². The van der Waals surface area contributed by atoms with Crippen molar-refractivity contribution in [3.8, 4) is 11.8 Å². The van der Waals surface area contributed by atoms with Gasteiger partial charge in [0.25, 0.3) is 5.91 Å². The Morgan fingerprint density at radius 1 is 1.33 bits per heavy atom. The molecule has 1 N–H and O–H groups in total. The number of carbonyl (C=O) groups excluding carboxylic acids is 1. The van der Waals surface area contributed by atoms with Gasteiger partial charge in [-0.05, 0) is 18.6 Å². The van der Waals surface area contributed by atoms with E-state index in [1.807, 2.05) is 42.2 Å². The van der Waals surface area contributed by atoms with Crippen LogP contribution in [0.25, 0.3) is 0 Å². The van der Waals surface area contributed by atoms with Gasteiger partial charge in [-0.1, -0.05) is 19.1 Å². The number of para-hydroxylation sites is 2. The molecule has 0 aliphatic carbocycles. The molecule has 0 spiro atoms. The lowest BCUT2D eigenvalue weighted by Gasteiger charge is -2.36. The summed E-state index contributed by atoms with van der Waals surface area (Å²) in [6.45, 7) is 5.69. The maximum Gasteiger partial charge on any atom is 0.263 e. The van der Waals surface area contributed by atoms with Crippen LogP contribution < -0.4 is 15.0 Å². The molecule has 1 aromatic rings. The normalized spacial score (nSPS) is 15.0. The molecule has 1 saturated heterocycles. The molecule has 1 aliphatic rings. The number of methoxy groups -OCH3 is 1. The molecule has 1 heterocycles. The van der Waals surface area contributed by atoms with Gasteiger partial charge in [0.1, 0.15) is 17.4 Å². The molecule has 1 aromatic carbocycles. The first kappa shape index (κ1) is 17.7. The maximum absolute atomic E-state index is 11.9. The van der Waals surface area contributed by atoms with Crippen molar-refractivity contribution >= 4 is 11.6 Å². The molecule has 2 rings (SSSR count). The lowest BCUT2D eigenvalue weighted by atomic mass is 10.2. The third-order valence-electron chi connectivity index (χ3n) is 3.95. The van der Waals surface area contributed by atoms with Crippen LogP contribution in [0.4, 0.5) is 5.69 Å². The Kier molecular flexibility index (Phi) is 6.50. The Bertz CT molecular complexity index is 628. The zero-order chi connectivity index (χ0) is 17.4. The molecule has 1 aliphatic heterocycles. The quantitative estimate of drug-likeness (QED) is 0.636. The number of hydrogen-bond acceptors (Lipinski definition) is 5. The fourth-order valence-electron chi connectivity index (χ4n) is 2.64. The Morgan fingerprint density at radius 3 is 2.67 bits per heavy atom. The zero-order valence-electron chi connectivity index (χ0n) is 14.3. The van der Waals surface area contributed by atoms with Crippen molar-refractivity contribution in [3.63, 3.8) is 0 Å². The summed E-state index contributed by atoms with van der Waals surface area (Å²) < 4.78 is 5.41. The first-order valence-electron chi connectivity index (χ1n) is 8.21. The molecule has 1 amide bonds. The largest absolute Gasteiger partial charge is 0.495 e. The van der Waals surface area contributed by atoms with Crippen LogP contribution in [0.1, 0.15) is 13.3 Å². The number of rotatable bonds is 6. The van der Waals surface area contributed by atoms with Crippen molar-refractivity contribution in [2.75, 3.05) is 44.7 Å². The SMILES string of the molecule is CCCNC(=O)/C(C#N)=C\N1CCN(c2ccccc2OC)CC1. The van der Waals surface area contributed by atoms with Crippen LogP contribution >= 0.6 is 0 Å². The van der Waals surface area contributed by atoms with Gasteiger partial charge in [0.05, 0.1) is 12.8 Å². The Morgan fingerprint density at radius 2 is 2.04 bits per heavy atom. The van der Waals surface area contributed by atoms with E-state index in [1.165, 1.54) is 0 Å². The van der Waals surface area contributed by atoms with Gasteiger partial charge in [-0.2, -0.15) is 5.26 Å². The first-order chi connectivity index (χ1) is 11.7. The van der Waals surface area contributed by atoms with Gasteiger partial charge in [0, 0.05) is 38.9 Å². The van der Waals surface area contributed by atoms with Crippen LogP contribution in [0.3, 0.4) is 0 Å². The molecule has 0 saturated carbocycles. The highest BCUT2D eigenvalue weighted by atomic mass is 16.5. The van der Waals surface area contributed by atoms with E-state index in [0.29, 0.717) is 6.54 Å². The van der Waals surface area contributed by atoms with Gasteiger partial charge >= 0.3 is 0 Å². The topological polar surface area (TPSA) is 68.6 Å². The third-order valence-corrected chi connectivity index (χ3v) is 3.95. The second kappa shape index (κ2) is 8.82. The fourth-order valence-corrected chi connectivity index (χ4v) is 2.64. The fraction of sp³-hybridized carbons (Fsp3) is 0.444. The van der Waals surface area contributed by atoms with E-state index in [2.05, 4.69) is 10.2 Å². The molecule has 0 bridgehead atoms. The van der Waals surface area contributed by atoms with Gasteiger partial charge in [0.15, 0.2) is 0 Å². The number of anilines is 1. The molecule has 0 aromatic heterocycles. The van der Waals surface area contributed by atoms with E-state index in [-0.39, 0.29) is 11.5 Å². The van der Waals surface area contributed by atoms with Gasteiger partial charge in [0.2, 0.25) is 0 Å². The van der Waals surface area contributed by atoms with E-state index >= 15 is 0 Å². The number of hydrogen-bond donors (Lipinski definition) is 1. The summed E-state index contributed by atoms with van der Waals surface area (Å²) in [7, 11) is 1.67. The summed E-state index contributed by atoms with van der Waals surface area (Å²) in [5.41, 5.74) is 1.24. The minimum atomic E-state index is -0.300. The molecule has 128 valence electrons. The number of carbonyl (C=O) groups is 1. The smallest absolute Gasteiger partial charge is 0.263 e. The molecule has 6 nitrogen and oxygen atoms in total. The summed E-state index contributed by atoms with van der Waals surface area (Å²) in [5, 5.41) is 11.9. The molecule has 24 heavy (non-hydrogen) atoms. The molecule has 0 radical (unpaired) electrons. The minimum absolute atomic E-state index is 0.161. The van der Waals surface area contributed by atoms with Gasteiger partial charge < -0.3 is 19.9 Å². The van der Waals surface area contributed by atoms with Crippen molar-refractivity contribution in [3.05, 3.63) is 36.0 Å². The number of ether oxygens (including phenoxy) is 1. The zero-order valence-corrected chi connectivity index (χ0v) is 14.3. The highest BCUT2D eigenvalue weighted by Crippen LogP contribution is 2.28. The number of nitriles is 1. The Labute approximate surface area is 143 Å². The van der Waals surface area contributed by atoms with Crippen LogP contribution in [-0.2, 0) is 4.79 Å². The van der Waals surface area contributed by atoms with E-state index in [4.69, 9.17) is 4.74 Å². The summed E-state index contributed by atoms with van der Waals surface area (Å²) in [4.78, 5) is 16.2. The predicted molar refractivity (Wildman–Crippen MR) is 93.8 cm³/mol. The number of amides is 1. The van der Waals surface area contributed by atoms with Gasteiger partial charge in [-0.3, -0.25) is 4.79 Å². The molecule has 6 heteroatoms. The maximum atomic E-state index is 11.9.